The molecule has 0 spiro atoms. The average molecular weight is 195 g/mol. The number of aryl methyl sites for hydroxylation is 1. The van der Waals surface area contributed by atoms with Gasteiger partial charge in [-0.1, -0.05) is 27.7 Å². The fraction of sp³-hybridized carbons (Fsp3) is 0.667. The molecule has 1 rings (SSSR count). The summed E-state index contributed by atoms with van der Waals surface area (Å²) in [5.74, 6) is 0.979. The van der Waals surface area contributed by atoms with Crippen molar-refractivity contribution in [3.63, 3.8) is 0 Å². The Kier molecular flexibility index (Phi) is 3.38. The van der Waals surface area contributed by atoms with Gasteiger partial charge in [0, 0.05) is 11.6 Å². The molecule has 0 radical (unpaired) electrons. The average Bonchev–Trinajstić information content (AvgIpc) is 2.45. The van der Waals surface area contributed by atoms with Gasteiger partial charge in [-0.3, -0.25) is 0 Å². The van der Waals surface area contributed by atoms with Crippen LogP contribution in [0.2, 0.25) is 0 Å². The van der Waals surface area contributed by atoms with Crippen molar-refractivity contribution < 1.29 is 4.42 Å². The highest BCUT2D eigenvalue weighted by molar-refractivity contribution is 5.18. The van der Waals surface area contributed by atoms with E-state index in [9.17, 15) is 0 Å². The standard InChI is InChI=1S/C12H21NO/c1-6-13-11(12(3,4)5)10-7-9(2)14-8-10/h7-8,11,13H,6H2,1-5H3. The smallest absolute Gasteiger partial charge is 0.101 e. The Morgan fingerprint density at radius 1 is 1.43 bits per heavy atom. The van der Waals surface area contributed by atoms with Gasteiger partial charge in [0.1, 0.15) is 5.76 Å². The summed E-state index contributed by atoms with van der Waals surface area (Å²) in [6.07, 6.45) is 1.86. The molecule has 0 bridgehead atoms. The highest BCUT2D eigenvalue weighted by Crippen LogP contribution is 2.33. The van der Waals surface area contributed by atoms with Crippen molar-refractivity contribution in [3.05, 3.63) is 23.7 Å². The predicted octanol–water partition coefficient (Wildman–Crippen LogP) is 3.28. The Hall–Kier alpha value is -0.760. The van der Waals surface area contributed by atoms with E-state index in [-0.39, 0.29) is 5.41 Å². The molecule has 0 saturated carbocycles. The van der Waals surface area contributed by atoms with E-state index in [2.05, 4.69) is 39.1 Å². The third kappa shape index (κ3) is 2.61. The van der Waals surface area contributed by atoms with Crippen LogP contribution in [-0.2, 0) is 0 Å². The summed E-state index contributed by atoms with van der Waals surface area (Å²) in [4.78, 5) is 0. The van der Waals surface area contributed by atoms with Gasteiger partial charge in [-0.15, -0.1) is 0 Å². The number of furan rings is 1. The molecule has 1 atom stereocenters. The second-order valence-electron chi connectivity index (χ2n) is 4.85. The van der Waals surface area contributed by atoms with E-state index >= 15 is 0 Å². The maximum Gasteiger partial charge on any atom is 0.101 e. The molecule has 0 aliphatic carbocycles. The fourth-order valence-electron chi connectivity index (χ4n) is 1.74. The van der Waals surface area contributed by atoms with Crippen LogP contribution in [0.3, 0.4) is 0 Å². The minimum Gasteiger partial charge on any atom is -0.469 e. The minimum absolute atomic E-state index is 0.215. The van der Waals surface area contributed by atoms with E-state index in [4.69, 9.17) is 4.42 Å². The molecule has 2 heteroatoms. The molecule has 1 heterocycles. The van der Waals surface area contributed by atoms with Gasteiger partial charge >= 0.3 is 0 Å². The van der Waals surface area contributed by atoms with Gasteiger partial charge in [-0.2, -0.15) is 0 Å². The number of hydrogen-bond acceptors (Lipinski definition) is 2. The second kappa shape index (κ2) is 4.18. The van der Waals surface area contributed by atoms with Crippen LogP contribution >= 0.6 is 0 Å². The highest BCUT2D eigenvalue weighted by atomic mass is 16.3. The van der Waals surface area contributed by atoms with Crippen molar-refractivity contribution in [2.75, 3.05) is 6.54 Å². The minimum atomic E-state index is 0.215. The molecule has 2 nitrogen and oxygen atoms in total. The fourth-order valence-corrected chi connectivity index (χ4v) is 1.74. The van der Waals surface area contributed by atoms with E-state index in [0.29, 0.717) is 6.04 Å². The number of nitrogens with one attached hydrogen (secondary N) is 1. The van der Waals surface area contributed by atoms with Crippen LogP contribution in [0.1, 0.15) is 45.1 Å². The normalized spacial score (nSPS) is 14.4. The summed E-state index contributed by atoms with van der Waals surface area (Å²) in [6.45, 7) is 11.8. The van der Waals surface area contributed by atoms with Crippen molar-refractivity contribution in [2.24, 2.45) is 5.41 Å². The van der Waals surface area contributed by atoms with Crippen molar-refractivity contribution in [1.29, 1.82) is 0 Å². The largest absolute Gasteiger partial charge is 0.469 e. The summed E-state index contributed by atoms with van der Waals surface area (Å²) >= 11 is 0. The van der Waals surface area contributed by atoms with Gasteiger partial charge in [-0.05, 0) is 24.9 Å². The van der Waals surface area contributed by atoms with Gasteiger partial charge in [0.2, 0.25) is 0 Å². The number of hydrogen-bond donors (Lipinski definition) is 1. The molecular weight excluding hydrogens is 174 g/mol. The van der Waals surface area contributed by atoms with E-state index in [1.807, 2.05) is 13.2 Å². The third-order valence-corrected chi connectivity index (χ3v) is 2.36. The molecule has 0 aliphatic heterocycles. The lowest BCUT2D eigenvalue weighted by atomic mass is 9.83. The second-order valence-corrected chi connectivity index (χ2v) is 4.85. The molecule has 80 valence electrons. The summed E-state index contributed by atoms with van der Waals surface area (Å²) in [7, 11) is 0. The Labute approximate surface area is 86.7 Å². The molecule has 14 heavy (non-hydrogen) atoms. The Bertz CT molecular complexity index is 283. The summed E-state index contributed by atoms with van der Waals surface area (Å²) < 4.78 is 5.35. The SMILES string of the molecule is CCNC(c1coc(C)c1)C(C)(C)C. The summed E-state index contributed by atoms with van der Waals surface area (Å²) in [5.41, 5.74) is 1.46. The van der Waals surface area contributed by atoms with Crippen molar-refractivity contribution in [1.82, 2.24) is 5.32 Å². The predicted molar refractivity (Wildman–Crippen MR) is 59.3 cm³/mol. The molecule has 1 aromatic rings. The summed E-state index contributed by atoms with van der Waals surface area (Å²) in [5, 5.41) is 3.49. The Morgan fingerprint density at radius 3 is 2.43 bits per heavy atom. The van der Waals surface area contributed by atoms with Crippen LogP contribution in [0.4, 0.5) is 0 Å². The Balaban J connectivity index is 2.88. The lowest BCUT2D eigenvalue weighted by Crippen LogP contribution is -2.31. The van der Waals surface area contributed by atoms with Crippen molar-refractivity contribution >= 4 is 0 Å². The monoisotopic (exact) mass is 195 g/mol. The molecule has 1 unspecified atom stereocenters. The zero-order chi connectivity index (χ0) is 10.8. The lowest BCUT2D eigenvalue weighted by molar-refractivity contribution is 0.275. The molecule has 0 fully saturated rings. The van der Waals surface area contributed by atoms with Gasteiger partial charge in [0.05, 0.1) is 6.26 Å². The van der Waals surface area contributed by atoms with Gasteiger partial charge < -0.3 is 9.73 Å². The molecule has 0 amide bonds. The first kappa shape index (κ1) is 11.3. The zero-order valence-electron chi connectivity index (χ0n) is 9.85. The van der Waals surface area contributed by atoms with Crippen LogP contribution < -0.4 is 5.32 Å². The van der Waals surface area contributed by atoms with Gasteiger partial charge in [0.15, 0.2) is 0 Å². The van der Waals surface area contributed by atoms with Crippen molar-refractivity contribution in [2.45, 2.75) is 40.7 Å². The van der Waals surface area contributed by atoms with E-state index in [1.165, 1.54) is 5.56 Å². The van der Waals surface area contributed by atoms with E-state index in [0.717, 1.165) is 12.3 Å². The molecular formula is C12H21NO. The zero-order valence-corrected chi connectivity index (χ0v) is 9.85. The molecule has 0 saturated heterocycles. The third-order valence-electron chi connectivity index (χ3n) is 2.36. The molecule has 0 aromatic carbocycles. The summed E-state index contributed by atoms with van der Waals surface area (Å²) in [6, 6.07) is 2.48. The van der Waals surface area contributed by atoms with Gasteiger partial charge in [-0.25, -0.2) is 0 Å². The Morgan fingerprint density at radius 2 is 2.07 bits per heavy atom. The van der Waals surface area contributed by atoms with Gasteiger partial charge in [0.25, 0.3) is 0 Å². The van der Waals surface area contributed by atoms with Crippen molar-refractivity contribution in [3.8, 4) is 0 Å². The highest BCUT2D eigenvalue weighted by Gasteiger charge is 2.26. The number of rotatable bonds is 3. The van der Waals surface area contributed by atoms with Crippen LogP contribution in [0.5, 0.6) is 0 Å². The lowest BCUT2D eigenvalue weighted by Gasteiger charge is -2.30. The van der Waals surface area contributed by atoms with E-state index < -0.39 is 0 Å². The first-order chi connectivity index (χ1) is 6.45. The first-order valence-corrected chi connectivity index (χ1v) is 5.23. The van der Waals surface area contributed by atoms with Crippen LogP contribution in [-0.4, -0.2) is 6.54 Å². The molecule has 1 aromatic heterocycles. The first-order valence-electron chi connectivity index (χ1n) is 5.23. The van der Waals surface area contributed by atoms with E-state index in [1.54, 1.807) is 0 Å². The van der Waals surface area contributed by atoms with Crippen LogP contribution in [0.25, 0.3) is 0 Å². The maximum atomic E-state index is 5.35. The maximum absolute atomic E-state index is 5.35. The molecule has 0 aliphatic rings. The topological polar surface area (TPSA) is 25.2 Å². The van der Waals surface area contributed by atoms with Crippen LogP contribution in [0.15, 0.2) is 16.7 Å². The molecule has 1 N–H and O–H groups in total. The van der Waals surface area contributed by atoms with Crippen LogP contribution in [0, 0.1) is 12.3 Å². The quantitative estimate of drug-likeness (QED) is 0.800.